The van der Waals surface area contributed by atoms with Crippen LogP contribution in [0.15, 0.2) is 12.1 Å². The zero-order valence-electron chi connectivity index (χ0n) is 14.2. The van der Waals surface area contributed by atoms with Crippen molar-refractivity contribution in [3.63, 3.8) is 0 Å². The second kappa shape index (κ2) is 7.43. The van der Waals surface area contributed by atoms with E-state index in [1.807, 2.05) is 0 Å². The van der Waals surface area contributed by atoms with Gasteiger partial charge in [-0.15, -0.1) is 0 Å². The van der Waals surface area contributed by atoms with Crippen molar-refractivity contribution in [1.82, 2.24) is 5.32 Å². The molecule has 4 unspecified atom stereocenters. The smallest absolute Gasteiger partial charge is 0.0451 e. The summed E-state index contributed by atoms with van der Waals surface area (Å²) in [5.74, 6) is 1.25. The molecule has 0 amide bonds. The second-order valence-corrected chi connectivity index (χ2v) is 9.28. The number of hydrogen-bond donors (Lipinski definition) is 1. The Morgan fingerprint density at radius 2 is 1.76 bits per heavy atom. The van der Waals surface area contributed by atoms with Crippen LogP contribution in [0, 0.1) is 20.8 Å². The molecule has 3 heteroatoms. The molecule has 2 rings (SSSR count). The highest BCUT2D eigenvalue weighted by molar-refractivity contribution is 8.07. The summed E-state index contributed by atoms with van der Waals surface area (Å²) in [5.41, 5.74) is 5.74. The molecule has 0 aromatic heterocycles. The molecule has 1 heterocycles. The van der Waals surface area contributed by atoms with E-state index in [4.69, 9.17) is 0 Å². The van der Waals surface area contributed by atoms with Crippen molar-refractivity contribution in [2.24, 2.45) is 0 Å². The van der Waals surface area contributed by atoms with Crippen LogP contribution in [-0.2, 0) is 0 Å². The van der Waals surface area contributed by atoms with E-state index < -0.39 is 0 Å². The first kappa shape index (κ1) is 17.2. The van der Waals surface area contributed by atoms with Crippen molar-refractivity contribution < 1.29 is 0 Å². The van der Waals surface area contributed by atoms with Crippen molar-refractivity contribution in [1.29, 1.82) is 0 Å². The Labute approximate surface area is 139 Å². The Hall–Kier alpha value is -0.120. The summed E-state index contributed by atoms with van der Waals surface area (Å²) in [6, 6.07) is 5.23. The van der Waals surface area contributed by atoms with Gasteiger partial charge in [-0.25, -0.2) is 0 Å². The van der Waals surface area contributed by atoms with E-state index >= 15 is 0 Å². The van der Waals surface area contributed by atoms with E-state index in [1.165, 1.54) is 28.0 Å². The SMILES string of the molecule is CCNC(c1cc(C)c(C)cc1C)C1CSC(C)C(C)S1. The van der Waals surface area contributed by atoms with Gasteiger partial charge in [0.05, 0.1) is 0 Å². The Morgan fingerprint density at radius 3 is 2.38 bits per heavy atom. The minimum atomic E-state index is 0.474. The van der Waals surface area contributed by atoms with Gasteiger partial charge in [-0.2, -0.15) is 23.5 Å². The van der Waals surface area contributed by atoms with E-state index in [0.717, 1.165) is 17.0 Å². The van der Waals surface area contributed by atoms with Gasteiger partial charge in [-0.1, -0.05) is 32.9 Å². The minimum absolute atomic E-state index is 0.474. The van der Waals surface area contributed by atoms with Crippen LogP contribution in [0.4, 0.5) is 0 Å². The van der Waals surface area contributed by atoms with Gasteiger partial charge in [0.15, 0.2) is 0 Å². The lowest BCUT2D eigenvalue weighted by Crippen LogP contribution is -2.37. The molecule has 1 nitrogen and oxygen atoms in total. The van der Waals surface area contributed by atoms with Crippen LogP contribution in [-0.4, -0.2) is 28.0 Å². The number of thioether (sulfide) groups is 2. The molecule has 0 radical (unpaired) electrons. The van der Waals surface area contributed by atoms with E-state index in [2.05, 4.69) is 82.5 Å². The molecular weight excluding hydrogens is 294 g/mol. The lowest BCUT2D eigenvalue weighted by atomic mass is 9.94. The van der Waals surface area contributed by atoms with Gasteiger partial charge in [0.25, 0.3) is 0 Å². The number of hydrogen-bond acceptors (Lipinski definition) is 3. The molecule has 4 atom stereocenters. The summed E-state index contributed by atoms with van der Waals surface area (Å²) >= 11 is 4.31. The lowest BCUT2D eigenvalue weighted by Gasteiger charge is -2.37. The fourth-order valence-electron chi connectivity index (χ4n) is 2.96. The third kappa shape index (κ3) is 4.00. The van der Waals surface area contributed by atoms with Gasteiger partial charge in [-0.3, -0.25) is 0 Å². The first-order valence-electron chi connectivity index (χ1n) is 8.02. The largest absolute Gasteiger partial charge is 0.309 e. The normalized spacial score (nSPS) is 27.6. The Kier molecular flexibility index (Phi) is 6.10. The molecule has 1 aliphatic rings. The third-order valence-corrected chi connectivity index (χ3v) is 8.08. The average molecular weight is 324 g/mol. The van der Waals surface area contributed by atoms with Crippen molar-refractivity contribution in [3.8, 4) is 0 Å². The van der Waals surface area contributed by atoms with Gasteiger partial charge in [-0.05, 0) is 49.6 Å². The molecule has 1 aliphatic heterocycles. The van der Waals surface area contributed by atoms with Crippen LogP contribution in [0.3, 0.4) is 0 Å². The fourth-order valence-corrected chi connectivity index (χ4v) is 6.07. The summed E-state index contributed by atoms with van der Waals surface area (Å²) in [6.45, 7) is 14.7. The highest BCUT2D eigenvalue weighted by atomic mass is 32.2. The zero-order valence-corrected chi connectivity index (χ0v) is 15.8. The molecule has 1 saturated heterocycles. The standard InChI is InChI=1S/C18H29NS2/c1-7-19-18(17-10-20-14(5)15(6)21-17)16-9-12(3)11(2)8-13(16)4/h8-9,14-15,17-19H,7,10H2,1-6H3. The molecule has 0 bridgehead atoms. The lowest BCUT2D eigenvalue weighted by molar-refractivity contribution is 0.545. The molecule has 1 aromatic carbocycles. The second-order valence-electron chi connectivity index (χ2n) is 6.25. The van der Waals surface area contributed by atoms with E-state index in [9.17, 15) is 0 Å². The first-order chi connectivity index (χ1) is 9.93. The molecule has 21 heavy (non-hydrogen) atoms. The molecule has 1 N–H and O–H groups in total. The molecule has 1 aromatic rings. The van der Waals surface area contributed by atoms with Gasteiger partial charge >= 0.3 is 0 Å². The first-order valence-corrected chi connectivity index (χ1v) is 10.0. The number of aryl methyl sites for hydroxylation is 3. The number of nitrogens with one attached hydrogen (secondary N) is 1. The van der Waals surface area contributed by atoms with E-state index in [-0.39, 0.29) is 0 Å². The predicted octanol–water partition coefficient (Wildman–Crippen LogP) is 4.89. The maximum absolute atomic E-state index is 3.76. The molecule has 0 spiro atoms. The van der Waals surface area contributed by atoms with Crippen LogP contribution in [0.25, 0.3) is 0 Å². The van der Waals surface area contributed by atoms with Crippen molar-refractivity contribution in [3.05, 3.63) is 34.4 Å². The van der Waals surface area contributed by atoms with Crippen molar-refractivity contribution in [2.45, 2.75) is 63.3 Å². The maximum atomic E-state index is 3.76. The number of benzene rings is 1. The molecule has 0 aliphatic carbocycles. The summed E-state index contributed by atoms with van der Waals surface area (Å²) in [5, 5.41) is 5.94. The van der Waals surface area contributed by atoms with Gasteiger partial charge in [0.1, 0.15) is 0 Å². The minimum Gasteiger partial charge on any atom is -0.309 e. The predicted molar refractivity (Wildman–Crippen MR) is 99.8 cm³/mol. The Morgan fingerprint density at radius 1 is 1.10 bits per heavy atom. The summed E-state index contributed by atoms with van der Waals surface area (Å²) in [4.78, 5) is 0. The average Bonchev–Trinajstić information content (AvgIpc) is 2.44. The Balaban J connectivity index is 2.29. The van der Waals surface area contributed by atoms with Crippen LogP contribution < -0.4 is 5.32 Å². The maximum Gasteiger partial charge on any atom is 0.0451 e. The van der Waals surface area contributed by atoms with Crippen LogP contribution in [0.5, 0.6) is 0 Å². The fraction of sp³-hybridized carbons (Fsp3) is 0.667. The van der Waals surface area contributed by atoms with Crippen molar-refractivity contribution >= 4 is 23.5 Å². The molecule has 1 fully saturated rings. The number of rotatable bonds is 4. The highest BCUT2D eigenvalue weighted by Crippen LogP contribution is 2.41. The zero-order chi connectivity index (χ0) is 15.6. The third-order valence-electron chi connectivity index (χ3n) is 4.59. The van der Waals surface area contributed by atoms with E-state index in [1.54, 1.807) is 0 Å². The van der Waals surface area contributed by atoms with E-state index in [0.29, 0.717) is 11.3 Å². The molecular formula is C18H29NS2. The summed E-state index contributed by atoms with van der Waals surface area (Å²) in [7, 11) is 0. The van der Waals surface area contributed by atoms with Gasteiger partial charge in [0, 0.05) is 27.5 Å². The molecule has 0 saturated carbocycles. The van der Waals surface area contributed by atoms with Crippen LogP contribution >= 0.6 is 23.5 Å². The topological polar surface area (TPSA) is 12.0 Å². The van der Waals surface area contributed by atoms with Crippen LogP contribution in [0.2, 0.25) is 0 Å². The summed E-state index contributed by atoms with van der Waals surface area (Å²) < 4.78 is 0. The monoisotopic (exact) mass is 323 g/mol. The van der Waals surface area contributed by atoms with Crippen molar-refractivity contribution in [2.75, 3.05) is 12.3 Å². The quantitative estimate of drug-likeness (QED) is 0.847. The summed E-state index contributed by atoms with van der Waals surface area (Å²) in [6.07, 6.45) is 0. The van der Waals surface area contributed by atoms with Crippen LogP contribution in [0.1, 0.15) is 49.1 Å². The molecule has 118 valence electrons. The Bertz CT molecular complexity index is 486. The van der Waals surface area contributed by atoms with Gasteiger partial charge < -0.3 is 5.32 Å². The highest BCUT2D eigenvalue weighted by Gasteiger charge is 2.32. The van der Waals surface area contributed by atoms with Gasteiger partial charge in [0.2, 0.25) is 0 Å².